The molecule has 2 rings (SSSR count). The average Bonchev–Trinajstić information content (AvgIpc) is 2.39. The number of nitrogens with zero attached hydrogens (tertiary/aromatic N) is 1. The Morgan fingerprint density at radius 3 is 2.68 bits per heavy atom. The Balaban J connectivity index is 2.43. The summed E-state index contributed by atoms with van der Waals surface area (Å²) in [6.45, 7) is 2.34. The minimum atomic E-state index is -0.465. The van der Waals surface area contributed by atoms with E-state index in [9.17, 15) is 4.39 Å². The first-order chi connectivity index (χ1) is 9.07. The van der Waals surface area contributed by atoms with E-state index >= 15 is 0 Å². The van der Waals surface area contributed by atoms with Gasteiger partial charge in [0, 0.05) is 34.4 Å². The van der Waals surface area contributed by atoms with Crippen LogP contribution in [0.4, 0.5) is 4.39 Å². The van der Waals surface area contributed by atoms with Crippen molar-refractivity contribution in [2.45, 2.75) is 18.8 Å². The van der Waals surface area contributed by atoms with Crippen molar-refractivity contribution in [3.8, 4) is 0 Å². The van der Waals surface area contributed by atoms with Crippen LogP contribution >= 0.6 is 15.9 Å². The molecule has 0 aliphatic heterocycles. The molecule has 0 spiro atoms. The van der Waals surface area contributed by atoms with Gasteiger partial charge in [0.05, 0.1) is 0 Å². The lowest BCUT2D eigenvalue weighted by Crippen LogP contribution is -2.35. The maximum absolute atomic E-state index is 14.1. The third kappa shape index (κ3) is 3.01. The van der Waals surface area contributed by atoms with Gasteiger partial charge < -0.3 is 5.73 Å². The fourth-order valence-corrected chi connectivity index (χ4v) is 3.11. The second-order valence-corrected chi connectivity index (χ2v) is 5.75. The van der Waals surface area contributed by atoms with Gasteiger partial charge in [0.1, 0.15) is 5.82 Å². The van der Waals surface area contributed by atoms with Crippen molar-refractivity contribution in [2.75, 3.05) is 6.54 Å². The van der Waals surface area contributed by atoms with Gasteiger partial charge in [-0.2, -0.15) is 0 Å². The van der Waals surface area contributed by atoms with Crippen LogP contribution in [0.1, 0.15) is 18.1 Å². The zero-order valence-corrected chi connectivity index (χ0v) is 12.3. The van der Waals surface area contributed by atoms with Crippen molar-refractivity contribution < 1.29 is 4.39 Å². The molecule has 4 heteroatoms. The third-order valence-electron chi connectivity index (χ3n) is 3.33. The van der Waals surface area contributed by atoms with Gasteiger partial charge in [-0.05, 0) is 30.2 Å². The molecule has 0 bridgehead atoms. The van der Waals surface area contributed by atoms with E-state index in [1.165, 1.54) is 6.07 Å². The van der Waals surface area contributed by atoms with Crippen LogP contribution in [0.5, 0.6) is 0 Å². The molecule has 2 N–H and O–H groups in total. The van der Waals surface area contributed by atoms with Gasteiger partial charge in [-0.3, -0.25) is 4.98 Å². The van der Waals surface area contributed by atoms with E-state index in [1.54, 1.807) is 18.5 Å². The number of pyridine rings is 1. The van der Waals surface area contributed by atoms with E-state index in [0.29, 0.717) is 18.5 Å². The van der Waals surface area contributed by atoms with Crippen molar-refractivity contribution in [3.05, 3.63) is 64.1 Å². The first-order valence-electron chi connectivity index (χ1n) is 6.10. The molecule has 2 aromatic rings. The Labute approximate surface area is 121 Å². The molecule has 1 aromatic heterocycles. The lowest BCUT2D eigenvalue weighted by Gasteiger charge is -2.30. The fourth-order valence-electron chi connectivity index (χ4n) is 2.29. The SMILES string of the molecule is CC(CN)(Cc1cccnc1)c1c(F)cccc1Br. The molecule has 1 aromatic carbocycles. The third-order valence-corrected chi connectivity index (χ3v) is 3.99. The number of halogens is 2. The molecule has 0 aliphatic rings. The lowest BCUT2D eigenvalue weighted by molar-refractivity contribution is 0.447. The molecular weight excluding hydrogens is 307 g/mol. The maximum atomic E-state index is 14.1. The van der Waals surface area contributed by atoms with Gasteiger partial charge in [0.15, 0.2) is 0 Å². The van der Waals surface area contributed by atoms with E-state index in [4.69, 9.17) is 5.73 Å². The van der Waals surface area contributed by atoms with Gasteiger partial charge in [0.25, 0.3) is 0 Å². The highest BCUT2D eigenvalue weighted by atomic mass is 79.9. The number of aromatic nitrogens is 1. The van der Waals surface area contributed by atoms with Crippen LogP contribution in [0.25, 0.3) is 0 Å². The van der Waals surface area contributed by atoms with Crippen LogP contribution in [-0.4, -0.2) is 11.5 Å². The van der Waals surface area contributed by atoms with E-state index in [2.05, 4.69) is 20.9 Å². The smallest absolute Gasteiger partial charge is 0.128 e. The van der Waals surface area contributed by atoms with Crippen LogP contribution in [0.2, 0.25) is 0 Å². The van der Waals surface area contributed by atoms with E-state index in [0.717, 1.165) is 10.0 Å². The summed E-state index contributed by atoms with van der Waals surface area (Å²) in [5.74, 6) is -0.230. The highest BCUT2D eigenvalue weighted by molar-refractivity contribution is 9.10. The predicted molar refractivity (Wildman–Crippen MR) is 78.4 cm³/mol. The highest BCUT2D eigenvalue weighted by Gasteiger charge is 2.30. The van der Waals surface area contributed by atoms with Crippen LogP contribution in [0, 0.1) is 5.82 Å². The van der Waals surface area contributed by atoms with E-state index in [-0.39, 0.29) is 5.82 Å². The molecule has 1 atom stereocenters. The first kappa shape index (κ1) is 14.2. The van der Waals surface area contributed by atoms with Crippen molar-refractivity contribution in [1.29, 1.82) is 0 Å². The molecule has 0 amide bonds. The lowest BCUT2D eigenvalue weighted by atomic mass is 9.77. The summed E-state index contributed by atoms with van der Waals surface area (Å²) in [4.78, 5) is 4.10. The molecule has 2 nitrogen and oxygen atoms in total. The van der Waals surface area contributed by atoms with Gasteiger partial charge in [-0.1, -0.05) is 35.0 Å². The molecular formula is C15H16BrFN2. The molecule has 1 heterocycles. The first-order valence-corrected chi connectivity index (χ1v) is 6.89. The predicted octanol–water partition coefficient (Wildman–Crippen LogP) is 3.44. The standard InChI is InChI=1S/C15H16BrFN2/c1-15(10-18,8-11-4-3-7-19-9-11)14-12(16)5-2-6-13(14)17/h2-7,9H,8,10,18H2,1H3. The summed E-state index contributed by atoms with van der Waals surface area (Å²) in [6, 6.07) is 8.86. The Kier molecular flexibility index (Phi) is 4.32. The maximum Gasteiger partial charge on any atom is 0.128 e. The molecule has 0 saturated carbocycles. The Morgan fingerprint density at radius 1 is 1.32 bits per heavy atom. The van der Waals surface area contributed by atoms with Gasteiger partial charge >= 0.3 is 0 Å². The van der Waals surface area contributed by atoms with Crippen LogP contribution in [0.3, 0.4) is 0 Å². The molecule has 0 saturated heterocycles. The van der Waals surface area contributed by atoms with Crippen LogP contribution < -0.4 is 5.73 Å². The second kappa shape index (κ2) is 5.80. The number of hydrogen-bond donors (Lipinski definition) is 1. The summed E-state index contributed by atoms with van der Waals surface area (Å²) >= 11 is 3.43. The molecule has 0 aliphatic carbocycles. The average molecular weight is 323 g/mol. The second-order valence-electron chi connectivity index (χ2n) is 4.90. The molecule has 1 unspecified atom stereocenters. The quantitative estimate of drug-likeness (QED) is 0.936. The summed E-state index contributed by atoms with van der Waals surface area (Å²) in [6.07, 6.45) is 4.17. The molecule has 100 valence electrons. The Morgan fingerprint density at radius 2 is 2.11 bits per heavy atom. The van der Waals surface area contributed by atoms with Crippen molar-refractivity contribution in [1.82, 2.24) is 4.98 Å². The molecule has 0 radical (unpaired) electrons. The van der Waals surface area contributed by atoms with Crippen molar-refractivity contribution >= 4 is 15.9 Å². The normalized spacial score (nSPS) is 14.1. The minimum Gasteiger partial charge on any atom is -0.330 e. The van der Waals surface area contributed by atoms with E-state index < -0.39 is 5.41 Å². The van der Waals surface area contributed by atoms with Crippen molar-refractivity contribution in [2.24, 2.45) is 5.73 Å². The zero-order chi connectivity index (χ0) is 13.9. The van der Waals surface area contributed by atoms with Crippen molar-refractivity contribution in [3.63, 3.8) is 0 Å². The zero-order valence-electron chi connectivity index (χ0n) is 10.7. The molecule has 0 fully saturated rings. The van der Waals surface area contributed by atoms with Gasteiger partial charge in [-0.25, -0.2) is 4.39 Å². The summed E-state index contributed by atoms with van der Waals surface area (Å²) in [5, 5.41) is 0. The number of nitrogens with two attached hydrogens (primary N) is 1. The van der Waals surface area contributed by atoms with Crippen LogP contribution in [0.15, 0.2) is 47.2 Å². The Hall–Kier alpha value is -1.26. The largest absolute Gasteiger partial charge is 0.330 e. The number of rotatable bonds is 4. The summed E-state index contributed by atoms with van der Waals surface area (Å²) < 4.78 is 14.9. The highest BCUT2D eigenvalue weighted by Crippen LogP contribution is 2.34. The topological polar surface area (TPSA) is 38.9 Å². The minimum absolute atomic E-state index is 0.230. The van der Waals surface area contributed by atoms with E-state index in [1.807, 2.05) is 25.1 Å². The number of benzene rings is 1. The summed E-state index contributed by atoms with van der Waals surface area (Å²) in [5.41, 5.74) is 7.12. The molecule has 19 heavy (non-hydrogen) atoms. The number of hydrogen-bond acceptors (Lipinski definition) is 2. The Bertz CT molecular complexity index is 539. The van der Waals surface area contributed by atoms with Gasteiger partial charge in [-0.15, -0.1) is 0 Å². The summed E-state index contributed by atoms with van der Waals surface area (Å²) in [7, 11) is 0. The monoisotopic (exact) mass is 322 g/mol. The van der Waals surface area contributed by atoms with Crippen LogP contribution in [-0.2, 0) is 11.8 Å². The van der Waals surface area contributed by atoms with Gasteiger partial charge in [0.2, 0.25) is 0 Å². The fraction of sp³-hybridized carbons (Fsp3) is 0.267.